The molecule has 0 atom stereocenters. The van der Waals surface area contributed by atoms with Gasteiger partial charge in [0.2, 0.25) is 0 Å². The summed E-state index contributed by atoms with van der Waals surface area (Å²) in [6.07, 6.45) is 0. The first-order chi connectivity index (χ1) is 10.5. The van der Waals surface area contributed by atoms with Crippen LogP contribution in [0.2, 0.25) is 5.02 Å². The fraction of sp³-hybridized carbons (Fsp3) is 0.267. The quantitative estimate of drug-likeness (QED) is 0.879. The molecule has 2 rings (SSSR count). The largest absolute Gasteiger partial charge is 0.465 e. The van der Waals surface area contributed by atoms with Crippen LogP contribution in [-0.4, -0.2) is 28.8 Å². The number of carbonyl (C=O) groups excluding carboxylic acids is 2. The number of para-hydroxylation sites is 1. The van der Waals surface area contributed by atoms with Crippen LogP contribution >= 0.6 is 11.6 Å². The Balaban J connectivity index is 2.36. The smallest absolute Gasteiger partial charge is 0.339 e. The highest BCUT2D eigenvalue weighted by Gasteiger charge is 2.21. The van der Waals surface area contributed by atoms with Gasteiger partial charge in [-0.15, -0.1) is 0 Å². The molecule has 0 bridgehead atoms. The van der Waals surface area contributed by atoms with Crippen molar-refractivity contribution in [3.8, 4) is 0 Å². The Hall–Kier alpha value is -2.34. The van der Waals surface area contributed by atoms with Crippen LogP contribution in [0.5, 0.6) is 0 Å². The van der Waals surface area contributed by atoms with Gasteiger partial charge in [-0.25, -0.2) is 4.79 Å². The van der Waals surface area contributed by atoms with Crippen molar-refractivity contribution in [2.24, 2.45) is 0 Å². The average Bonchev–Trinajstić information content (AvgIpc) is 2.82. The monoisotopic (exact) mass is 321 g/mol. The van der Waals surface area contributed by atoms with E-state index in [2.05, 4.69) is 10.4 Å². The molecule has 0 radical (unpaired) electrons. The van der Waals surface area contributed by atoms with Crippen molar-refractivity contribution >= 4 is 29.2 Å². The number of methoxy groups -OCH3 is 1. The molecule has 0 spiro atoms. The Morgan fingerprint density at radius 2 is 2.05 bits per heavy atom. The summed E-state index contributed by atoms with van der Waals surface area (Å²) >= 11 is 6.15. The van der Waals surface area contributed by atoms with E-state index < -0.39 is 11.9 Å². The van der Waals surface area contributed by atoms with E-state index >= 15 is 0 Å². The first-order valence-electron chi connectivity index (χ1n) is 6.71. The summed E-state index contributed by atoms with van der Waals surface area (Å²) in [6.45, 7) is 4.10. The minimum absolute atomic E-state index is 0.265. The Morgan fingerprint density at radius 3 is 2.68 bits per heavy atom. The topological polar surface area (TPSA) is 73.2 Å². The van der Waals surface area contributed by atoms with Gasteiger partial charge in [-0.05, 0) is 26.0 Å². The Labute approximate surface area is 133 Å². The molecule has 22 heavy (non-hydrogen) atoms. The zero-order valence-corrected chi connectivity index (χ0v) is 13.3. The number of aromatic nitrogens is 2. The zero-order chi connectivity index (χ0) is 16.3. The molecule has 116 valence electrons. The molecule has 0 saturated heterocycles. The molecule has 1 amide bonds. The first kappa shape index (κ1) is 16.0. The van der Waals surface area contributed by atoms with Crippen LogP contribution in [0.1, 0.15) is 33.5 Å². The summed E-state index contributed by atoms with van der Waals surface area (Å²) < 4.78 is 6.22. The predicted octanol–water partition coefficient (Wildman–Crippen LogP) is 2.90. The van der Waals surface area contributed by atoms with Gasteiger partial charge in [-0.2, -0.15) is 5.10 Å². The predicted molar refractivity (Wildman–Crippen MR) is 83.4 cm³/mol. The van der Waals surface area contributed by atoms with E-state index in [0.29, 0.717) is 22.9 Å². The van der Waals surface area contributed by atoms with E-state index in [0.717, 1.165) is 0 Å². The number of hydrogen-bond acceptors (Lipinski definition) is 4. The van der Waals surface area contributed by atoms with Crippen molar-refractivity contribution in [1.82, 2.24) is 9.78 Å². The van der Waals surface area contributed by atoms with Crippen molar-refractivity contribution in [2.45, 2.75) is 20.4 Å². The van der Waals surface area contributed by atoms with Crippen LogP contribution in [-0.2, 0) is 11.3 Å². The van der Waals surface area contributed by atoms with E-state index in [4.69, 9.17) is 16.3 Å². The van der Waals surface area contributed by atoms with Gasteiger partial charge in [0.05, 0.1) is 29.1 Å². The molecule has 6 nitrogen and oxygen atoms in total. The maximum absolute atomic E-state index is 12.5. The number of anilines is 1. The van der Waals surface area contributed by atoms with Crippen LogP contribution < -0.4 is 5.32 Å². The third kappa shape index (κ3) is 2.96. The number of ether oxygens (including phenoxy) is 1. The highest BCUT2D eigenvalue weighted by atomic mass is 35.5. The molecule has 2 aromatic rings. The molecule has 0 aliphatic heterocycles. The second kappa shape index (κ2) is 6.62. The van der Waals surface area contributed by atoms with Crippen LogP contribution in [0.4, 0.5) is 5.69 Å². The van der Waals surface area contributed by atoms with E-state index in [1.807, 2.05) is 6.92 Å². The molecule has 0 aliphatic rings. The number of halogens is 1. The minimum atomic E-state index is -0.526. The Bertz CT molecular complexity index is 725. The first-order valence-corrected chi connectivity index (χ1v) is 7.09. The van der Waals surface area contributed by atoms with E-state index in [-0.39, 0.29) is 11.3 Å². The highest BCUT2D eigenvalue weighted by molar-refractivity contribution is 6.34. The molecule has 0 fully saturated rings. The number of amides is 1. The SMILES string of the molecule is CCn1nc(C)c(Cl)c1C(=O)Nc1ccccc1C(=O)OC. The van der Waals surface area contributed by atoms with Gasteiger partial charge in [-0.3, -0.25) is 9.48 Å². The number of rotatable bonds is 4. The average molecular weight is 322 g/mol. The summed E-state index contributed by atoms with van der Waals surface area (Å²) in [4.78, 5) is 24.2. The normalized spacial score (nSPS) is 10.4. The molecular weight excluding hydrogens is 306 g/mol. The molecular formula is C15H16ClN3O3. The molecule has 0 unspecified atom stereocenters. The maximum Gasteiger partial charge on any atom is 0.339 e. The molecule has 1 N–H and O–H groups in total. The lowest BCUT2D eigenvalue weighted by molar-refractivity contribution is 0.0602. The second-order valence-corrected chi connectivity index (χ2v) is 4.93. The van der Waals surface area contributed by atoms with Crippen molar-refractivity contribution in [3.63, 3.8) is 0 Å². The molecule has 1 heterocycles. The van der Waals surface area contributed by atoms with Crippen molar-refractivity contribution < 1.29 is 14.3 Å². The Morgan fingerprint density at radius 1 is 1.36 bits per heavy atom. The number of aryl methyl sites for hydroxylation is 2. The van der Waals surface area contributed by atoms with Gasteiger partial charge in [0, 0.05) is 6.54 Å². The lowest BCUT2D eigenvalue weighted by Crippen LogP contribution is -2.19. The van der Waals surface area contributed by atoms with Crippen LogP contribution in [0, 0.1) is 6.92 Å². The van der Waals surface area contributed by atoms with Gasteiger partial charge in [0.1, 0.15) is 5.69 Å². The molecule has 0 aliphatic carbocycles. The number of nitrogens with zero attached hydrogens (tertiary/aromatic N) is 2. The number of hydrogen-bond donors (Lipinski definition) is 1. The van der Waals surface area contributed by atoms with Crippen molar-refractivity contribution in [3.05, 3.63) is 46.2 Å². The molecule has 0 saturated carbocycles. The van der Waals surface area contributed by atoms with Crippen LogP contribution in [0.25, 0.3) is 0 Å². The molecule has 7 heteroatoms. The molecule has 1 aromatic carbocycles. The number of benzene rings is 1. The van der Waals surface area contributed by atoms with Gasteiger partial charge in [-0.1, -0.05) is 23.7 Å². The number of carbonyl (C=O) groups is 2. The number of nitrogens with one attached hydrogen (secondary N) is 1. The fourth-order valence-electron chi connectivity index (χ4n) is 2.07. The van der Waals surface area contributed by atoms with Crippen LogP contribution in [0.3, 0.4) is 0 Å². The molecule has 1 aromatic heterocycles. The summed E-state index contributed by atoms with van der Waals surface area (Å²) in [5, 5.41) is 7.18. The lowest BCUT2D eigenvalue weighted by Gasteiger charge is -2.10. The van der Waals surface area contributed by atoms with Crippen molar-refractivity contribution in [2.75, 3.05) is 12.4 Å². The summed E-state index contributed by atoms with van der Waals surface area (Å²) in [6, 6.07) is 6.60. The van der Waals surface area contributed by atoms with Crippen LogP contribution in [0.15, 0.2) is 24.3 Å². The number of esters is 1. The van der Waals surface area contributed by atoms with Gasteiger partial charge in [0.25, 0.3) is 5.91 Å². The van der Waals surface area contributed by atoms with Gasteiger partial charge < -0.3 is 10.1 Å². The van der Waals surface area contributed by atoms with Crippen molar-refractivity contribution in [1.29, 1.82) is 0 Å². The summed E-state index contributed by atoms with van der Waals surface area (Å²) in [7, 11) is 1.29. The highest BCUT2D eigenvalue weighted by Crippen LogP contribution is 2.23. The second-order valence-electron chi connectivity index (χ2n) is 4.56. The zero-order valence-electron chi connectivity index (χ0n) is 12.5. The van der Waals surface area contributed by atoms with Gasteiger partial charge >= 0.3 is 5.97 Å². The third-order valence-corrected chi connectivity index (χ3v) is 3.60. The lowest BCUT2D eigenvalue weighted by atomic mass is 10.1. The third-order valence-electron chi connectivity index (χ3n) is 3.15. The van der Waals surface area contributed by atoms with Gasteiger partial charge in [0.15, 0.2) is 0 Å². The van der Waals surface area contributed by atoms with E-state index in [1.165, 1.54) is 11.8 Å². The van der Waals surface area contributed by atoms with E-state index in [1.54, 1.807) is 31.2 Å². The maximum atomic E-state index is 12.5. The summed E-state index contributed by atoms with van der Waals surface area (Å²) in [5.41, 5.74) is 1.47. The standard InChI is InChI=1S/C15H16ClN3O3/c1-4-19-13(12(16)9(2)18-19)14(20)17-11-8-6-5-7-10(11)15(21)22-3/h5-8H,4H2,1-3H3,(H,17,20). The summed E-state index contributed by atoms with van der Waals surface area (Å²) in [5.74, 6) is -0.953. The van der Waals surface area contributed by atoms with E-state index in [9.17, 15) is 9.59 Å². The Kier molecular flexibility index (Phi) is 4.82. The minimum Gasteiger partial charge on any atom is -0.465 e. The fourth-order valence-corrected chi connectivity index (χ4v) is 2.29.